The van der Waals surface area contributed by atoms with E-state index in [4.69, 9.17) is 0 Å². The van der Waals surface area contributed by atoms with Gasteiger partial charge in [-0.25, -0.2) is 9.37 Å². The summed E-state index contributed by atoms with van der Waals surface area (Å²) < 4.78 is 13.3. The minimum Gasteiger partial charge on any atom is -0.505 e. The molecule has 2 N–H and O–H groups in total. The van der Waals surface area contributed by atoms with Gasteiger partial charge in [-0.05, 0) is 18.2 Å². The summed E-state index contributed by atoms with van der Waals surface area (Å²) in [4.78, 5) is 4.27. The van der Waals surface area contributed by atoms with Gasteiger partial charge in [0.25, 0.3) is 0 Å². The minimum absolute atomic E-state index is 0.305. The predicted octanol–water partition coefficient (Wildman–Crippen LogP) is 4.27. The van der Waals surface area contributed by atoms with E-state index in [1.165, 1.54) is 6.07 Å². The number of halogens is 1. The zero-order valence-corrected chi connectivity index (χ0v) is 11.9. The molecule has 3 nitrogen and oxygen atoms in total. The molecule has 0 aliphatic carbocycles. The Morgan fingerprint density at radius 1 is 1.19 bits per heavy atom. The number of thiazole rings is 1. The summed E-state index contributed by atoms with van der Waals surface area (Å²) in [5.41, 5.74) is 2.44. The summed E-state index contributed by atoms with van der Waals surface area (Å²) in [6.07, 6.45) is 1.77. The molecule has 0 unspecified atom stereocenters. The molecule has 0 bridgehead atoms. The molecule has 106 valence electrons. The van der Waals surface area contributed by atoms with Gasteiger partial charge >= 0.3 is 0 Å². The summed E-state index contributed by atoms with van der Waals surface area (Å²) in [5.74, 6) is -0.910. The van der Waals surface area contributed by atoms with Crippen molar-refractivity contribution in [3.63, 3.8) is 0 Å². The Hall–Kier alpha value is -2.40. The van der Waals surface area contributed by atoms with E-state index in [-0.39, 0.29) is 5.75 Å². The van der Waals surface area contributed by atoms with Gasteiger partial charge in [0, 0.05) is 34.9 Å². The highest BCUT2D eigenvalue weighted by molar-refractivity contribution is 7.13. The van der Waals surface area contributed by atoms with Gasteiger partial charge in [-0.15, -0.1) is 11.3 Å². The lowest BCUT2D eigenvalue weighted by molar-refractivity contribution is 0.427. The number of phenols is 1. The van der Waals surface area contributed by atoms with Gasteiger partial charge in [-0.2, -0.15) is 0 Å². The lowest BCUT2D eigenvalue weighted by Crippen LogP contribution is -2.00. The summed E-state index contributed by atoms with van der Waals surface area (Å²) in [6, 6.07) is 12.3. The lowest BCUT2D eigenvalue weighted by atomic mass is 10.1. The Bertz CT molecular complexity index is 744. The predicted molar refractivity (Wildman–Crippen MR) is 82.9 cm³/mol. The second kappa shape index (κ2) is 5.93. The van der Waals surface area contributed by atoms with E-state index in [0.717, 1.165) is 16.3 Å². The van der Waals surface area contributed by atoms with E-state index in [0.29, 0.717) is 12.1 Å². The van der Waals surface area contributed by atoms with Gasteiger partial charge in [0.05, 0.1) is 0 Å². The highest BCUT2D eigenvalue weighted by atomic mass is 32.1. The van der Waals surface area contributed by atoms with Crippen LogP contribution in [-0.4, -0.2) is 10.1 Å². The zero-order chi connectivity index (χ0) is 14.7. The number of nitrogens with one attached hydrogen (secondary N) is 1. The maximum atomic E-state index is 13.3. The fourth-order valence-electron chi connectivity index (χ4n) is 2.03. The van der Waals surface area contributed by atoms with Crippen molar-refractivity contribution in [2.24, 2.45) is 0 Å². The van der Waals surface area contributed by atoms with Crippen LogP contribution >= 0.6 is 11.3 Å². The normalized spacial score (nSPS) is 10.5. The van der Waals surface area contributed by atoms with Crippen LogP contribution in [0.5, 0.6) is 5.75 Å². The van der Waals surface area contributed by atoms with Crippen LogP contribution in [0.4, 0.5) is 10.1 Å². The van der Waals surface area contributed by atoms with E-state index in [1.807, 2.05) is 29.6 Å². The van der Waals surface area contributed by atoms with E-state index in [2.05, 4.69) is 10.3 Å². The van der Waals surface area contributed by atoms with Crippen molar-refractivity contribution in [3.8, 4) is 16.3 Å². The van der Waals surface area contributed by atoms with Crippen molar-refractivity contribution in [2.75, 3.05) is 5.32 Å². The zero-order valence-electron chi connectivity index (χ0n) is 11.1. The van der Waals surface area contributed by atoms with Crippen LogP contribution in [0, 0.1) is 5.82 Å². The van der Waals surface area contributed by atoms with Gasteiger partial charge in [0.1, 0.15) is 5.01 Å². The first kappa shape index (κ1) is 13.6. The van der Waals surface area contributed by atoms with Gasteiger partial charge in [-0.1, -0.05) is 24.3 Å². The Balaban J connectivity index is 1.77. The minimum atomic E-state index is -0.606. The van der Waals surface area contributed by atoms with E-state index < -0.39 is 5.82 Å². The van der Waals surface area contributed by atoms with Crippen LogP contribution in [0.3, 0.4) is 0 Å². The molecular weight excluding hydrogens is 287 g/mol. The highest BCUT2D eigenvalue weighted by Gasteiger charge is 2.06. The van der Waals surface area contributed by atoms with Gasteiger partial charge < -0.3 is 10.4 Å². The molecule has 21 heavy (non-hydrogen) atoms. The maximum absolute atomic E-state index is 13.3. The number of benzene rings is 2. The number of anilines is 1. The van der Waals surface area contributed by atoms with Crippen LogP contribution < -0.4 is 5.32 Å². The fraction of sp³-hybridized carbons (Fsp3) is 0.0625. The van der Waals surface area contributed by atoms with Gasteiger partial charge in [-0.3, -0.25) is 0 Å². The Morgan fingerprint density at radius 2 is 2.05 bits per heavy atom. The molecule has 0 spiro atoms. The van der Waals surface area contributed by atoms with Crippen molar-refractivity contribution < 1.29 is 9.50 Å². The quantitative estimate of drug-likeness (QED) is 0.756. The molecule has 0 amide bonds. The molecule has 0 saturated heterocycles. The van der Waals surface area contributed by atoms with Crippen molar-refractivity contribution >= 4 is 17.0 Å². The van der Waals surface area contributed by atoms with Crippen LogP contribution in [0.1, 0.15) is 5.56 Å². The molecule has 0 saturated carbocycles. The van der Waals surface area contributed by atoms with Crippen molar-refractivity contribution in [3.05, 3.63) is 65.4 Å². The molecule has 1 aromatic heterocycles. The third kappa shape index (κ3) is 3.03. The van der Waals surface area contributed by atoms with Crippen LogP contribution in [-0.2, 0) is 6.54 Å². The average Bonchev–Trinajstić information content (AvgIpc) is 3.03. The third-order valence-electron chi connectivity index (χ3n) is 3.10. The van der Waals surface area contributed by atoms with Crippen LogP contribution in [0.25, 0.3) is 10.6 Å². The lowest BCUT2D eigenvalue weighted by Gasteiger charge is -2.09. The van der Waals surface area contributed by atoms with Crippen LogP contribution in [0.15, 0.2) is 54.0 Å². The van der Waals surface area contributed by atoms with Crippen molar-refractivity contribution in [1.82, 2.24) is 4.98 Å². The second-order valence-corrected chi connectivity index (χ2v) is 5.41. The Kier molecular flexibility index (Phi) is 3.83. The number of para-hydroxylation sites is 1. The standard InChI is InChI=1S/C16H13FN2OS/c17-14-6-2-4-12(15(14)20)10-19-13-5-1-3-11(9-13)16-18-7-8-21-16/h1-9,19-20H,10H2. The first-order valence-electron chi connectivity index (χ1n) is 6.44. The van der Waals surface area contributed by atoms with Crippen molar-refractivity contribution in [1.29, 1.82) is 0 Å². The highest BCUT2D eigenvalue weighted by Crippen LogP contribution is 2.26. The summed E-state index contributed by atoms with van der Waals surface area (Å²) in [7, 11) is 0. The summed E-state index contributed by atoms with van der Waals surface area (Å²) in [5, 5.41) is 15.7. The molecular formula is C16H13FN2OS. The Morgan fingerprint density at radius 3 is 2.86 bits per heavy atom. The molecule has 0 aliphatic rings. The van der Waals surface area contributed by atoms with Crippen LogP contribution in [0.2, 0.25) is 0 Å². The molecule has 1 heterocycles. The van der Waals surface area contributed by atoms with E-state index in [9.17, 15) is 9.50 Å². The molecule has 3 aromatic rings. The van der Waals surface area contributed by atoms with Crippen molar-refractivity contribution in [2.45, 2.75) is 6.54 Å². The smallest absolute Gasteiger partial charge is 0.165 e. The largest absolute Gasteiger partial charge is 0.505 e. The maximum Gasteiger partial charge on any atom is 0.165 e. The number of aromatic hydroxyl groups is 1. The number of nitrogens with zero attached hydrogens (tertiary/aromatic N) is 1. The number of aromatic nitrogens is 1. The number of hydrogen-bond donors (Lipinski definition) is 2. The molecule has 3 rings (SSSR count). The monoisotopic (exact) mass is 300 g/mol. The van der Waals surface area contributed by atoms with E-state index >= 15 is 0 Å². The molecule has 0 atom stereocenters. The SMILES string of the molecule is Oc1c(F)cccc1CNc1cccc(-c2nccs2)c1. The molecule has 0 aliphatic heterocycles. The topological polar surface area (TPSA) is 45.1 Å². The first-order chi connectivity index (χ1) is 10.2. The number of rotatable bonds is 4. The number of hydrogen-bond acceptors (Lipinski definition) is 4. The Labute approximate surface area is 125 Å². The first-order valence-corrected chi connectivity index (χ1v) is 7.32. The third-order valence-corrected chi connectivity index (χ3v) is 3.92. The molecule has 0 radical (unpaired) electrons. The fourth-order valence-corrected chi connectivity index (χ4v) is 2.66. The average molecular weight is 300 g/mol. The number of phenolic OH excluding ortho intramolecular Hbond substituents is 1. The van der Waals surface area contributed by atoms with Gasteiger partial charge in [0.15, 0.2) is 11.6 Å². The second-order valence-electron chi connectivity index (χ2n) is 4.52. The summed E-state index contributed by atoms with van der Waals surface area (Å²) >= 11 is 1.58. The summed E-state index contributed by atoms with van der Waals surface area (Å²) in [6.45, 7) is 0.352. The van der Waals surface area contributed by atoms with Gasteiger partial charge in [0.2, 0.25) is 0 Å². The molecule has 0 fully saturated rings. The van der Waals surface area contributed by atoms with E-state index in [1.54, 1.807) is 29.7 Å². The molecule has 2 aromatic carbocycles. The molecule has 5 heteroatoms.